The molecule has 0 bridgehead atoms. The second-order valence-electron chi connectivity index (χ2n) is 15.6. The summed E-state index contributed by atoms with van der Waals surface area (Å²) in [4.78, 5) is 82.2. The van der Waals surface area contributed by atoms with Crippen molar-refractivity contribution in [2.24, 2.45) is 11.8 Å². The van der Waals surface area contributed by atoms with Gasteiger partial charge in [0.15, 0.2) is 17.9 Å². The van der Waals surface area contributed by atoms with Crippen LogP contribution in [0, 0.1) is 25.3 Å². The van der Waals surface area contributed by atoms with Crippen molar-refractivity contribution in [3.63, 3.8) is 0 Å². The molecule has 20 heteroatoms. The number of anilines is 1. The van der Waals surface area contributed by atoms with Gasteiger partial charge in [0.2, 0.25) is 12.4 Å². The lowest BCUT2D eigenvalue weighted by atomic mass is 9.90. The van der Waals surface area contributed by atoms with Gasteiger partial charge < -0.3 is 52.9 Å². The molecule has 3 aromatic rings. The maximum Gasteiger partial charge on any atom is 0.335 e. The Bertz CT molecular complexity index is 2200. The van der Waals surface area contributed by atoms with Gasteiger partial charge in [-0.3, -0.25) is 19.0 Å². The Hall–Kier alpha value is -6.07. The zero-order valence-corrected chi connectivity index (χ0v) is 37.2. The summed E-state index contributed by atoms with van der Waals surface area (Å²) in [6.07, 6.45) is -0.851. The summed E-state index contributed by atoms with van der Waals surface area (Å²) in [5.41, 5.74) is 1.87. The lowest BCUT2D eigenvalue weighted by Gasteiger charge is -2.42. The minimum atomic E-state index is -1.32. The number of likely N-dealkylation sites (tertiary alicyclic amines) is 1. The Morgan fingerprint density at radius 1 is 1.00 bits per heavy atom. The number of aryl methyl sites for hydroxylation is 1. The van der Waals surface area contributed by atoms with E-state index in [1.54, 1.807) is 61.0 Å². The fourth-order valence-corrected chi connectivity index (χ4v) is 7.75. The molecular weight excluding hydrogens is 825 g/mol. The van der Waals surface area contributed by atoms with Crippen LogP contribution in [0.25, 0.3) is 15.9 Å². The monoisotopic (exact) mass is 878 g/mol. The van der Waals surface area contributed by atoms with Crippen LogP contribution in [0.3, 0.4) is 0 Å². The summed E-state index contributed by atoms with van der Waals surface area (Å²) in [5, 5.41) is 0.902. The molecule has 0 radical (unpaired) electrons. The minimum absolute atomic E-state index is 0.0426. The lowest BCUT2D eigenvalue weighted by Crippen LogP contribution is -2.60. The van der Waals surface area contributed by atoms with E-state index in [1.165, 1.54) is 31.9 Å². The van der Waals surface area contributed by atoms with E-state index in [2.05, 4.69) is 21.7 Å². The molecule has 1 aromatic carbocycles. The molecule has 0 aliphatic carbocycles. The molecular formula is C42H54N8O11S. The molecule has 2 aromatic heterocycles. The molecule has 0 unspecified atom stereocenters. The molecule has 19 nitrogen and oxygen atoms in total. The molecule has 7 atom stereocenters. The first-order valence-electron chi connectivity index (χ1n) is 20.1. The van der Waals surface area contributed by atoms with E-state index in [0.29, 0.717) is 54.3 Å². The number of nitrogens with zero attached hydrogens (tertiary/aromatic N) is 8. The molecule has 0 spiro atoms. The third kappa shape index (κ3) is 10.9. The van der Waals surface area contributed by atoms with Crippen molar-refractivity contribution in [2.75, 3.05) is 65.9 Å². The second-order valence-corrected chi connectivity index (χ2v) is 15.9. The Balaban J connectivity index is 1.17. The molecule has 2 fully saturated rings. The number of piperidine rings is 1. The van der Waals surface area contributed by atoms with Crippen LogP contribution in [-0.4, -0.2) is 156 Å². The number of aromatic nitrogens is 3. The SMILES string of the molecule is [C-]#[N+]CC(=O)N1CC[C@@H](C)[C@@H](N(C)c2ncnc3c2ccn3C(=O)N(C)CCN(C)C(=S)OCc2ccc(O[C@@H]3O[C@H](C(=O)OC)[C@@H](C)[C@H](OC(C)=O)[C@H]3OC(C)=O)c(C)c2)C1. The number of carbonyl (C=O) groups is 5. The smallest absolute Gasteiger partial charge is 0.335 e. The van der Waals surface area contributed by atoms with Crippen LogP contribution in [0.1, 0.15) is 45.2 Å². The van der Waals surface area contributed by atoms with Gasteiger partial charge in [-0.2, -0.15) is 0 Å². The van der Waals surface area contributed by atoms with Crippen molar-refractivity contribution >= 4 is 64.1 Å². The highest BCUT2D eigenvalue weighted by Gasteiger charge is 2.52. The molecule has 2 saturated heterocycles. The van der Waals surface area contributed by atoms with Crippen LogP contribution in [0.5, 0.6) is 5.75 Å². The Kier molecular flexibility index (Phi) is 15.7. The van der Waals surface area contributed by atoms with Gasteiger partial charge in [-0.05, 0) is 60.8 Å². The van der Waals surface area contributed by atoms with Crippen LogP contribution in [0.4, 0.5) is 10.6 Å². The van der Waals surface area contributed by atoms with E-state index in [4.69, 9.17) is 47.2 Å². The van der Waals surface area contributed by atoms with Crippen LogP contribution >= 0.6 is 12.2 Å². The molecule has 334 valence electrons. The predicted molar refractivity (Wildman–Crippen MR) is 228 cm³/mol. The summed E-state index contributed by atoms with van der Waals surface area (Å²) in [7, 11) is 6.58. The summed E-state index contributed by atoms with van der Waals surface area (Å²) >= 11 is 5.56. The van der Waals surface area contributed by atoms with Gasteiger partial charge in [0, 0.05) is 73.3 Å². The van der Waals surface area contributed by atoms with Crippen molar-refractivity contribution in [1.82, 2.24) is 29.2 Å². The van der Waals surface area contributed by atoms with Crippen molar-refractivity contribution in [3.05, 3.63) is 59.3 Å². The lowest BCUT2D eigenvalue weighted by molar-refractivity contribution is -0.266. The first-order chi connectivity index (χ1) is 29.4. The van der Waals surface area contributed by atoms with Crippen molar-refractivity contribution < 1.29 is 52.4 Å². The molecule has 2 aliphatic heterocycles. The Morgan fingerprint density at radius 2 is 1.69 bits per heavy atom. The summed E-state index contributed by atoms with van der Waals surface area (Å²) in [5.74, 6) is -1.65. The maximum atomic E-state index is 13.7. The zero-order chi connectivity index (χ0) is 45.4. The summed E-state index contributed by atoms with van der Waals surface area (Å²) < 4.78 is 35.4. The normalized spacial score (nSPS) is 22.1. The van der Waals surface area contributed by atoms with E-state index in [-0.39, 0.29) is 42.2 Å². The number of carbonyl (C=O) groups excluding carboxylic acids is 5. The highest BCUT2D eigenvalue weighted by atomic mass is 32.1. The molecule has 2 aliphatic rings. The third-order valence-corrected chi connectivity index (χ3v) is 11.6. The Labute approximate surface area is 365 Å². The third-order valence-electron chi connectivity index (χ3n) is 11.1. The number of rotatable bonds is 13. The first-order valence-corrected chi connectivity index (χ1v) is 20.5. The number of hydrogen-bond donors (Lipinski definition) is 0. The molecule has 0 N–H and O–H groups in total. The van der Waals surface area contributed by atoms with Gasteiger partial charge >= 0.3 is 29.8 Å². The molecule has 4 heterocycles. The van der Waals surface area contributed by atoms with Gasteiger partial charge in [0.25, 0.3) is 11.7 Å². The summed E-state index contributed by atoms with van der Waals surface area (Å²) in [6, 6.07) is 6.70. The number of amides is 2. The summed E-state index contributed by atoms with van der Waals surface area (Å²) in [6.45, 7) is 16.7. The second kappa shape index (κ2) is 20.7. The number of hydrogen-bond acceptors (Lipinski definition) is 15. The average Bonchev–Trinajstić information content (AvgIpc) is 3.68. The van der Waals surface area contributed by atoms with E-state index in [0.717, 1.165) is 12.0 Å². The van der Waals surface area contributed by atoms with Crippen molar-refractivity contribution in [3.8, 4) is 5.75 Å². The number of methoxy groups -OCH3 is 1. The van der Waals surface area contributed by atoms with E-state index < -0.39 is 48.4 Å². The van der Waals surface area contributed by atoms with Gasteiger partial charge in [0.1, 0.15) is 24.5 Å². The van der Waals surface area contributed by atoms with Crippen LogP contribution in [0.2, 0.25) is 0 Å². The quantitative estimate of drug-likeness (QED) is 0.105. The zero-order valence-electron chi connectivity index (χ0n) is 36.4. The first kappa shape index (κ1) is 47.0. The predicted octanol–water partition coefficient (Wildman–Crippen LogP) is 3.44. The molecule has 5 rings (SSSR count). The van der Waals surface area contributed by atoms with Gasteiger partial charge in [-0.1, -0.05) is 19.9 Å². The fraction of sp³-hybridized carbons (Fsp3) is 0.548. The Morgan fingerprint density at radius 3 is 2.35 bits per heavy atom. The van der Waals surface area contributed by atoms with Crippen molar-refractivity contribution in [2.45, 2.75) is 78.3 Å². The van der Waals surface area contributed by atoms with E-state index in [9.17, 15) is 24.0 Å². The number of fused-ring (bicyclic) bond motifs is 1. The number of thiocarbonyl (C=S) groups is 1. The number of benzene rings is 1. The van der Waals surface area contributed by atoms with E-state index >= 15 is 0 Å². The van der Waals surface area contributed by atoms with E-state index in [1.807, 2.05) is 24.1 Å². The largest absolute Gasteiger partial charge is 0.467 e. The number of esters is 3. The fourth-order valence-electron chi connectivity index (χ4n) is 7.60. The molecule has 2 amide bonds. The standard InChI is InChI=1S/C42H54N8O11S/c1-24-13-15-49(33(53)20-43-6)21-31(24)48(9)37-30-14-16-50(38(30)45-23-44-37)41(55)46(7)17-18-47(8)42(62)57-22-29-11-12-32(25(2)19-29)60-40-36(59-28(5)52)34(58-27(4)51)26(3)35(61-40)39(54)56-10/h11-12,14,16,19,23-24,26,31,34-36,40H,13,15,17-18,20-22H2,1-5,7-10H3/t24-,26+,31+,34+,35+,36-,40-/m1/s1. The van der Waals surface area contributed by atoms with Crippen LogP contribution < -0.4 is 9.64 Å². The van der Waals surface area contributed by atoms with Crippen LogP contribution in [0.15, 0.2) is 36.8 Å². The minimum Gasteiger partial charge on any atom is -0.467 e. The molecule has 62 heavy (non-hydrogen) atoms. The van der Waals surface area contributed by atoms with Gasteiger partial charge in [0.05, 0.1) is 18.5 Å². The highest BCUT2D eigenvalue weighted by molar-refractivity contribution is 7.80. The topological polar surface area (TPSA) is 189 Å². The number of likely N-dealkylation sites (N-methyl/N-ethyl adjacent to an activating group) is 3. The van der Waals surface area contributed by atoms with Crippen molar-refractivity contribution in [1.29, 1.82) is 0 Å². The van der Waals surface area contributed by atoms with Gasteiger partial charge in [-0.25, -0.2) is 26.1 Å². The average molecular weight is 879 g/mol. The highest BCUT2D eigenvalue weighted by Crippen LogP contribution is 2.34. The number of ether oxygens (including phenoxy) is 6. The molecule has 0 saturated carbocycles. The van der Waals surface area contributed by atoms with Crippen LogP contribution in [-0.2, 0) is 49.5 Å². The van der Waals surface area contributed by atoms with Gasteiger partial charge in [-0.15, -0.1) is 0 Å². The maximum absolute atomic E-state index is 13.7.